The number of aryl methyl sites for hydroxylation is 1. The molecule has 13 nitrogen and oxygen atoms in total. The number of carbonyl (C=O) groups excluding carboxylic acids is 4. The maximum atomic E-state index is 15.6. The smallest absolute Gasteiger partial charge is 0.425 e. The molecule has 2 N–H and O–H groups in total. The Morgan fingerprint density at radius 1 is 0.911 bits per heavy atom. The summed E-state index contributed by atoms with van der Waals surface area (Å²) in [6.07, 6.45) is 0.349. The van der Waals surface area contributed by atoms with Gasteiger partial charge in [-0.15, -0.1) is 0 Å². The van der Waals surface area contributed by atoms with Crippen LogP contribution in [0.3, 0.4) is 0 Å². The number of halogens is 1. The third kappa shape index (κ3) is 9.10. The summed E-state index contributed by atoms with van der Waals surface area (Å²) in [6.45, 7) is 9.71. The number of amides is 4. The Labute approximate surface area is 325 Å². The van der Waals surface area contributed by atoms with E-state index in [9.17, 15) is 27.6 Å². The molecule has 296 valence electrons. The zero-order valence-electron chi connectivity index (χ0n) is 32.4. The summed E-state index contributed by atoms with van der Waals surface area (Å²) in [6, 6.07) is 15.3. The van der Waals surface area contributed by atoms with Crippen molar-refractivity contribution in [2.24, 2.45) is 0 Å². The van der Waals surface area contributed by atoms with Gasteiger partial charge in [-0.25, -0.2) is 27.4 Å². The van der Waals surface area contributed by atoms with Crippen LogP contribution in [0.5, 0.6) is 0 Å². The number of imide groups is 1. The van der Waals surface area contributed by atoms with Crippen molar-refractivity contribution < 1.29 is 41.5 Å². The molecule has 4 amide bonds. The number of aromatic nitrogens is 1. The minimum Gasteiger partial charge on any atom is -0.443 e. The van der Waals surface area contributed by atoms with E-state index in [1.54, 1.807) is 78.9 Å². The van der Waals surface area contributed by atoms with Gasteiger partial charge < -0.3 is 25.0 Å². The summed E-state index contributed by atoms with van der Waals surface area (Å²) < 4.78 is 53.6. The molecule has 1 aliphatic carbocycles. The normalized spacial score (nSPS) is 16.8. The number of benzene rings is 3. The lowest BCUT2D eigenvalue weighted by molar-refractivity contribution is -0.131. The van der Waals surface area contributed by atoms with Gasteiger partial charge in [-0.2, -0.15) is 4.90 Å². The molecule has 15 heteroatoms. The molecular weight excluding hydrogens is 742 g/mol. The van der Waals surface area contributed by atoms with E-state index in [1.807, 2.05) is 12.1 Å². The third-order valence-electron chi connectivity index (χ3n) is 9.06. The summed E-state index contributed by atoms with van der Waals surface area (Å²) >= 11 is 0. The van der Waals surface area contributed by atoms with Crippen LogP contribution in [-0.2, 0) is 41.9 Å². The highest BCUT2D eigenvalue weighted by Gasteiger charge is 2.39. The quantitative estimate of drug-likeness (QED) is 0.205. The molecule has 1 saturated carbocycles. The van der Waals surface area contributed by atoms with Crippen LogP contribution in [0.4, 0.5) is 31.2 Å². The molecule has 4 aromatic rings. The molecule has 0 radical (unpaired) electrons. The van der Waals surface area contributed by atoms with Crippen LogP contribution in [0.2, 0.25) is 0 Å². The van der Waals surface area contributed by atoms with Gasteiger partial charge in [0.05, 0.1) is 16.3 Å². The Bertz CT molecular complexity index is 2300. The summed E-state index contributed by atoms with van der Waals surface area (Å²) in [7, 11) is -2.10. The van der Waals surface area contributed by atoms with Crippen LogP contribution >= 0.6 is 0 Å². The Kier molecular flexibility index (Phi) is 10.9. The molecule has 0 saturated heterocycles. The van der Waals surface area contributed by atoms with Crippen molar-refractivity contribution in [1.82, 2.24) is 9.88 Å². The molecule has 1 unspecified atom stereocenters. The second kappa shape index (κ2) is 15.2. The Morgan fingerprint density at radius 2 is 1.59 bits per heavy atom. The number of hydrogen-bond acceptors (Lipinski definition) is 10. The van der Waals surface area contributed by atoms with E-state index < -0.39 is 56.2 Å². The molecule has 1 fully saturated rings. The first kappa shape index (κ1) is 40.1. The number of anilines is 3. The van der Waals surface area contributed by atoms with Gasteiger partial charge >= 0.3 is 12.2 Å². The zero-order valence-corrected chi connectivity index (χ0v) is 33.3. The van der Waals surface area contributed by atoms with Crippen molar-refractivity contribution in [2.45, 2.75) is 101 Å². The molecular formula is C41H46FN5O8S. The van der Waals surface area contributed by atoms with Crippen LogP contribution < -0.4 is 15.5 Å². The van der Waals surface area contributed by atoms with Gasteiger partial charge in [-0.3, -0.25) is 9.59 Å². The molecule has 3 aromatic carbocycles. The SMILES string of the molecule is CN1Cc2cc(ccc2S(=O)(=O)C2CC2)NC(=O)CCc2cccc(c2)C(Nc2ccc3c(N(C(=O)OC(C)(C)C)C(=O)OC(C)(C)C)ncc(F)c3c2)C1=O. The van der Waals surface area contributed by atoms with Crippen LogP contribution in [0.25, 0.3) is 10.8 Å². The fourth-order valence-corrected chi connectivity index (χ4v) is 8.22. The highest BCUT2D eigenvalue weighted by atomic mass is 32.2. The fourth-order valence-electron chi connectivity index (χ4n) is 6.36. The average molecular weight is 788 g/mol. The number of hydrogen-bond donors (Lipinski definition) is 2. The first-order chi connectivity index (χ1) is 26.2. The van der Waals surface area contributed by atoms with Crippen LogP contribution in [0.1, 0.15) is 83.5 Å². The van der Waals surface area contributed by atoms with Crippen molar-refractivity contribution in [3.63, 3.8) is 0 Å². The van der Waals surface area contributed by atoms with E-state index in [4.69, 9.17) is 9.47 Å². The summed E-state index contributed by atoms with van der Waals surface area (Å²) in [5.74, 6) is -1.65. The largest absolute Gasteiger partial charge is 0.443 e. The van der Waals surface area contributed by atoms with Gasteiger partial charge in [0.25, 0.3) is 0 Å². The van der Waals surface area contributed by atoms with Gasteiger partial charge in [0.2, 0.25) is 11.8 Å². The van der Waals surface area contributed by atoms with Crippen molar-refractivity contribution in [1.29, 1.82) is 0 Å². The number of pyridine rings is 1. The Balaban J connectivity index is 1.40. The van der Waals surface area contributed by atoms with Crippen molar-refractivity contribution in [2.75, 3.05) is 22.6 Å². The highest BCUT2D eigenvalue weighted by Crippen LogP contribution is 2.37. The van der Waals surface area contributed by atoms with E-state index in [0.717, 1.165) is 11.8 Å². The first-order valence-corrected chi connectivity index (χ1v) is 19.9. The topological polar surface area (TPSA) is 164 Å². The van der Waals surface area contributed by atoms with Gasteiger partial charge in [-0.05, 0) is 114 Å². The first-order valence-electron chi connectivity index (χ1n) is 18.3. The van der Waals surface area contributed by atoms with E-state index in [-0.39, 0.29) is 40.4 Å². The van der Waals surface area contributed by atoms with E-state index in [1.165, 1.54) is 23.1 Å². The lowest BCUT2D eigenvalue weighted by Crippen LogP contribution is -2.44. The summed E-state index contributed by atoms with van der Waals surface area (Å²) in [5, 5.41) is 5.67. The number of nitrogens with one attached hydrogen (secondary N) is 2. The van der Waals surface area contributed by atoms with Crippen LogP contribution in [0, 0.1) is 5.82 Å². The van der Waals surface area contributed by atoms with E-state index in [2.05, 4.69) is 15.6 Å². The molecule has 1 atom stereocenters. The predicted octanol–water partition coefficient (Wildman–Crippen LogP) is 7.68. The molecule has 1 aromatic heterocycles. The minimum absolute atomic E-state index is 0.0229. The van der Waals surface area contributed by atoms with E-state index in [0.29, 0.717) is 46.7 Å². The van der Waals surface area contributed by atoms with Crippen LogP contribution in [0.15, 0.2) is 71.8 Å². The average Bonchev–Trinajstić information content (AvgIpc) is 3.96. The fraction of sp³-hybridized carbons (Fsp3) is 0.390. The predicted molar refractivity (Wildman–Crippen MR) is 210 cm³/mol. The number of nitrogens with zero attached hydrogens (tertiary/aromatic N) is 3. The van der Waals surface area contributed by atoms with Gasteiger partial charge in [0, 0.05) is 42.2 Å². The number of sulfone groups is 1. The molecule has 56 heavy (non-hydrogen) atoms. The number of fused-ring (bicyclic) bond motifs is 5. The Hall–Kier alpha value is -5.57. The zero-order chi connectivity index (χ0) is 40.7. The van der Waals surface area contributed by atoms with Gasteiger partial charge in [0.1, 0.15) is 23.1 Å². The number of ether oxygens (including phenoxy) is 2. The maximum absolute atomic E-state index is 15.6. The molecule has 2 heterocycles. The van der Waals surface area contributed by atoms with Gasteiger partial charge in [-0.1, -0.05) is 24.3 Å². The van der Waals surface area contributed by atoms with Crippen molar-refractivity contribution >= 4 is 61.8 Å². The molecule has 1 aliphatic heterocycles. The Morgan fingerprint density at radius 3 is 2.23 bits per heavy atom. The summed E-state index contributed by atoms with van der Waals surface area (Å²) in [5.41, 5.74) is 0.464. The number of rotatable bonds is 5. The third-order valence-corrected chi connectivity index (χ3v) is 11.4. The second-order valence-electron chi connectivity index (χ2n) is 16.1. The lowest BCUT2D eigenvalue weighted by Gasteiger charge is -2.29. The number of carbonyl (C=O) groups is 4. The minimum atomic E-state index is -3.66. The summed E-state index contributed by atoms with van der Waals surface area (Å²) in [4.78, 5) is 60.6. The van der Waals surface area contributed by atoms with Crippen LogP contribution in [-0.4, -0.2) is 65.8 Å². The highest BCUT2D eigenvalue weighted by molar-refractivity contribution is 7.92. The van der Waals surface area contributed by atoms with Crippen molar-refractivity contribution in [3.8, 4) is 0 Å². The maximum Gasteiger partial charge on any atom is 0.425 e. The molecule has 2 aliphatic rings. The standard InChI is InChI=1S/C41H46FN5O8S/c1-40(2,3)54-38(50)47(39(51)55-41(4,5)6)36-30-16-12-28(21-31(30)32(42)22-43-36)45-35-25-10-8-9-24(19-25)11-18-34(48)44-27-13-17-33(56(52,53)29-14-15-29)26(20-27)23-46(7)37(35)49/h8-10,12-13,16-17,19-22,29,35,45H,11,14-15,18,23H2,1-7H3,(H,44,48). The molecule has 0 spiro atoms. The van der Waals surface area contributed by atoms with E-state index >= 15 is 4.39 Å². The molecule has 4 bridgehead atoms. The molecule has 6 rings (SSSR count). The van der Waals surface area contributed by atoms with Crippen molar-refractivity contribution in [3.05, 3.63) is 89.4 Å². The number of likely N-dealkylation sites (N-methyl/N-ethyl adjacent to an activating group) is 1. The lowest BCUT2D eigenvalue weighted by atomic mass is 9.99. The van der Waals surface area contributed by atoms with Gasteiger partial charge in [0.15, 0.2) is 15.7 Å². The second-order valence-corrected chi connectivity index (χ2v) is 18.3. The monoisotopic (exact) mass is 787 g/mol.